The highest BCUT2D eigenvalue weighted by Gasteiger charge is 2.52. The van der Waals surface area contributed by atoms with E-state index in [9.17, 15) is 31.2 Å². The van der Waals surface area contributed by atoms with Gasteiger partial charge in [-0.05, 0) is 47.5 Å². The molecule has 2 aromatic rings. The van der Waals surface area contributed by atoms with Gasteiger partial charge in [-0.2, -0.15) is 21.6 Å². The Balaban J connectivity index is 1.87. The molecule has 0 amide bonds. The monoisotopic (exact) mass is 538 g/mol. The minimum atomic E-state index is -5.87. The summed E-state index contributed by atoms with van der Waals surface area (Å²) >= 11 is 1.66. The standard InChI is InChI=1S/C18H10F3IO6S/c19-18(20,21)29(25,26)28-10-2-4-12-14(6-10)17(8-16(12)24)7-15(23)11-3-1-9(27-22)5-13(11)17/h1-6H,7-8H2. The SMILES string of the molecule is O=C1CC2(CC(=O)c3ccc(OS(=O)(=O)C(F)(F)F)cc32)c2cc(OI)ccc21. The topological polar surface area (TPSA) is 86.7 Å². The van der Waals surface area contributed by atoms with Crippen LogP contribution in [0.4, 0.5) is 13.2 Å². The molecule has 0 saturated heterocycles. The van der Waals surface area contributed by atoms with Gasteiger partial charge in [0.1, 0.15) is 11.5 Å². The number of carbonyl (C=O) groups is 2. The van der Waals surface area contributed by atoms with E-state index in [2.05, 4.69) is 4.18 Å². The van der Waals surface area contributed by atoms with E-state index in [0.29, 0.717) is 16.9 Å². The smallest absolute Gasteiger partial charge is 0.428 e. The molecular formula is C18H10F3IO6S. The number of ketones is 2. The molecule has 152 valence electrons. The van der Waals surface area contributed by atoms with Gasteiger partial charge in [-0.1, -0.05) is 0 Å². The molecule has 11 heteroatoms. The first kappa shape index (κ1) is 20.1. The third-order valence-corrected chi connectivity index (χ3v) is 6.60. The van der Waals surface area contributed by atoms with Gasteiger partial charge in [0.15, 0.2) is 34.6 Å². The van der Waals surface area contributed by atoms with E-state index in [1.165, 1.54) is 6.07 Å². The van der Waals surface area contributed by atoms with Crippen molar-refractivity contribution in [2.24, 2.45) is 0 Å². The average molecular weight is 538 g/mol. The molecule has 1 atom stereocenters. The van der Waals surface area contributed by atoms with Crippen molar-refractivity contribution < 1.29 is 38.4 Å². The third kappa shape index (κ3) is 3.01. The van der Waals surface area contributed by atoms with Crippen LogP contribution in [0, 0.1) is 0 Å². The Bertz CT molecular complexity index is 1170. The maximum Gasteiger partial charge on any atom is 0.534 e. The summed E-state index contributed by atoms with van der Waals surface area (Å²) in [5, 5.41) is 0. The molecular weight excluding hydrogens is 528 g/mol. The number of Topliss-reactive ketones (excluding diaryl/α,β-unsaturated/α-hetero) is 2. The second-order valence-corrected chi connectivity index (χ2v) is 8.74. The fourth-order valence-corrected chi connectivity index (χ4v) is 4.65. The normalized spacial score (nSPS) is 20.7. The van der Waals surface area contributed by atoms with Gasteiger partial charge in [0.2, 0.25) is 0 Å². The minimum Gasteiger partial charge on any atom is -0.428 e. The molecule has 0 aliphatic heterocycles. The predicted octanol–water partition coefficient (Wildman–Crippen LogP) is 4.10. The lowest BCUT2D eigenvalue weighted by Crippen LogP contribution is -2.28. The molecule has 4 rings (SSSR count). The van der Waals surface area contributed by atoms with E-state index in [1.807, 2.05) is 0 Å². The van der Waals surface area contributed by atoms with Crippen LogP contribution in [0.5, 0.6) is 11.5 Å². The first-order chi connectivity index (χ1) is 13.5. The molecule has 0 fully saturated rings. The Morgan fingerprint density at radius 1 is 0.897 bits per heavy atom. The molecule has 2 aliphatic carbocycles. The van der Waals surface area contributed by atoms with Crippen molar-refractivity contribution >= 4 is 44.7 Å². The summed E-state index contributed by atoms with van der Waals surface area (Å²) in [5.74, 6) is -0.676. The van der Waals surface area contributed by atoms with Crippen LogP contribution in [-0.4, -0.2) is 25.5 Å². The van der Waals surface area contributed by atoms with Crippen molar-refractivity contribution in [2.45, 2.75) is 23.8 Å². The Kier molecular flexibility index (Phi) is 4.46. The highest BCUT2D eigenvalue weighted by Crippen LogP contribution is 2.53. The van der Waals surface area contributed by atoms with Crippen molar-refractivity contribution in [1.29, 1.82) is 0 Å². The summed E-state index contributed by atoms with van der Waals surface area (Å²) < 4.78 is 70.0. The molecule has 2 aliphatic rings. The lowest BCUT2D eigenvalue weighted by Gasteiger charge is -2.25. The van der Waals surface area contributed by atoms with Gasteiger partial charge in [0, 0.05) is 29.4 Å². The zero-order valence-electron chi connectivity index (χ0n) is 14.2. The second-order valence-electron chi connectivity index (χ2n) is 6.76. The summed E-state index contributed by atoms with van der Waals surface area (Å²) in [4.78, 5) is 25.1. The molecule has 29 heavy (non-hydrogen) atoms. The highest BCUT2D eigenvalue weighted by molar-refractivity contribution is 14.1. The summed E-state index contributed by atoms with van der Waals surface area (Å²) in [7, 11) is -5.87. The van der Waals surface area contributed by atoms with Gasteiger partial charge in [0.05, 0.1) is 0 Å². The van der Waals surface area contributed by atoms with Gasteiger partial charge >= 0.3 is 15.6 Å². The van der Waals surface area contributed by atoms with Crippen molar-refractivity contribution in [3.63, 3.8) is 0 Å². The Morgan fingerprint density at radius 2 is 1.38 bits per heavy atom. The number of benzene rings is 2. The molecule has 0 N–H and O–H groups in total. The number of fused-ring (bicyclic) bond motifs is 4. The molecule has 1 spiro atoms. The number of alkyl halides is 3. The van der Waals surface area contributed by atoms with Crippen LogP contribution in [0.15, 0.2) is 36.4 Å². The van der Waals surface area contributed by atoms with E-state index in [1.54, 1.807) is 41.2 Å². The molecule has 0 bridgehead atoms. The van der Waals surface area contributed by atoms with Gasteiger partial charge in [-0.25, -0.2) is 0 Å². The van der Waals surface area contributed by atoms with Crippen LogP contribution >= 0.6 is 23.0 Å². The van der Waals surface area contributed by atoms with Crippen LogP contribution in [0.25, 0.3) is 0 Å². The van der Waals surface area contributed by atoms with Crippen molar-refractivity contribution in [1.82, 2.24) is 0 Å². The fourth-order valence-electron chi connectivity index (χ4n) is 3.93. The van der Waals surface area contributed by atoms with Crippen molar-refractivity contribution in [2.75, 3.05) is 0 Å². The Labute approximate surface area is 176 Å². The molecule has 6 nitrogen and oxygen atoms in total. The van der Waals surface area contributed by atoms with Gasteiger partial charge in [0.25, 0.3) is 0 Å². The van der Waals surface area contributed by atoms with Gasteiger partial charge in [-0.15, -0.1) is 0 Å². The number of hydrogen-bond donors (Lipinski definition) is 0. The first-order valence-corrected chi connectivity index (χ1v) is 10.4. The lowest BCUT2D eigenvalue weighted by molar-refractivity contribution is -0.0500. The van der Waals surface area contributed by atoms with Gasteiger partial charge in [-0.3, -0.25) is 9.59 Å². The summed E-state index contributed by atoms with van der Waals surface area (Å²) in [6.45, 7) is 0. The summed E-state index contributed by atoms with van der Waals surface area (Å²) in [5.41, 5.74) is -5.33. The van der Waals surface area contributed by atoms with E-state index < -0.39 is 26.8 Å². The fraction of sp³-hybridized carbons (Fsp3) is 0.222. The van der Waals surface area contributed by atoms with E-state index in [0.717, 1.165) is 12.1 Å². The largest absolute Gasteiger partial charge is 0.534 e. The van der Waals surface area contributed by atoms with Gasteiger partial charge < -0.3 is 7.25 Å². The molecule has 0 radical (unpaired) electrons. The van der Waals surface area contributed by atoms with Crippen LogP contribution in [0.2, 0.25) is 0 Å². The Hall–Kier alpha value is -2.15. The zero-order chi connectivity index (χ0) is 21.2. The van der Waals surface area contributed by atoms with E-state index in [4.69, 9.17) is 3.07 Å². The average Bonchev–Trinajstić information content (AvgIpc) is 3.07. The Morgan fingerprint density at radius 3 is 1.86 bits per heavy atom. The highest BCUT2D eigenvalue weighted by atomic mass is 127. The van der Waals surface area contributed by atoms with Crippen LogP contribution < -0.4 is 7.25 Å². The minimum absolute atomic E-state index is 0.0682. The number of rotatable bonds is 3. The summed E-state index contributed by atoms with van der Waals surface area (Å²) in [6.07, 6.45) is -0.136. The first-order valence-electron chi connectivity index (χ1n) is 8.13. The van der Waals surface area contributed by atoms with Crippen LogP contribution in [0.1, 0.15) is 44.7 Å². The number of hydrogen-bond acceptors (Lipinski definition) is 6. The molecule has 0 aromatic heterocycles. The third-order valence-electron chi connectivity index (χ3n) is 5.12. The quantitative estimate of drug-likeness (QED) is 0.333. The molecule has 1 unspecified atom stereocenters. The maximum absolute atomic E-state index is 12.7. The predicted molar refractivity (Wildman–Crippen MR) is 102 cm³/mol. The molecule has 0 saturated carbocycles. The summed E-state index contributed by atoms with van der Waals surface area (Å²) in [6, 6.07) is 8.06. The van der Waals surface area contributed by atoms with Crippen molar-refractivity contribution in [3.8, 4) is 11.5 Å². The molecule has 2 aromatic carbocycles. The van der Waals surface area contributed by atoms with Crippen molar-refractivity contribution in [3.05, 3.63) is 58.7 Å². The molecule has 0 heterocycles. The lowest BCUT2D eigenvalue weighted by atomic mass is 9.76. The zero-order valence-corrected chi connectivity index (χ0v) is 17.2. The maximum atomic E-state index is 12.7. The van der Waals surface area contributed by atoms with Crippen LogP contribution in [0.3, 0.4) is 0 Å². The number of halogens is 4. The second kappa shape index (κ2) is 6.42. The van der Waals surface area contributed by atoms with E-state index in [-0.39, 0.29) is 35.5 Å². The number of carbonyl (C=O) groups excluding carboxylic acids is 2. The van der Waals surface area contributed by atoms with Crippen LogP contribution in [-0.2, 0) is 15.5 Å². The van der Waals surface area contributed by atoms with E-state index >= 15 is 0 Å².